The summed E-state index contributed by atoms with van der Waals surface area (Å²) >= 11 is 0. The van der Waals surface area contributed by atoms with Gasteiger partial charge in [-0.2, -0.15) is 0 Å². The van der Waals surface area contributed by atoms with Gasteiger partial charge in [-0.25, -0.2) is 0 Å². The fourth-order valence-electron chi connectivity index (χ4n) is 3.68. The highest BCUT2D eigenvalue weighted by Crippen LogP contribution is 2.25. The first-order chi connectivity index (χ1) is 14.7. The Labute approximate surface area is 176 Å². The van der Waals surface area contributed by atoms with Crippen molar-refractivity contribution in [1.82, 2.24) is 4.98 Å². The van der Waals surface area contributed by atoms with Gasteiger partial charge in [0.2, 0.25) is 0 Å². The number of benzene rings is 3. The minimum absolute atomic E-state index is 0.190. The normalized spacial score (nSPS) is 11.9. The molecule has 0 saturated carbocycles. The Morgan fingerprint density at radius 1 is 0.867 bits per heavy atom. The molecule has 0 aliphatic rings. The Balaban J connectivity index is 1.48. The molecule has 0 fully saturated rings. The second-order valence-electron chi connectivity index (χ2n) is 7.43. The number of rotatable bonds is 8. The van der Waals surface area contributed by atoms with Crippen LogP contribution in [0.4, 0.5) is 0 Å². The summed E-state index contributed by atoms with van der Waals surface area (Å²) in [4.78, 5) is 15.8. The maximum absolute atomic E-state index is 12.4. The van der Waals surface area contributed by atoms with Crippen molar-refractivity contribution in [3.05, 3.63) is 102 Å². The molecule has 0 saturated heterocycles. The van der Waals surface area contributed by atoms with Crippen LogP contribution in [0.1, 0.15) is 16.8 Å². The van der Waals surface area contributed by atoms with E-state index >= 15 is 0 Å². The third kappa shape index (κ3) is 4.90. The molecule has 1 aromatic heterocycles. The number of carbonyl (C=O) groups is 1. The molecule has 0 aliphatic heterocycles. The van der Waals surface area contributed by atoms with Gasteiger partial charge in [-0.05, 0) is 41.8 Å². The van der Waals surface area contributed by atoms with E-state index in [2.05, 4.69) is 11.1 Å². The summed E-state index contributed by atoms with van der Waals surface area (Å²) in [6.45, 7) is 0.533. The summed E-state index contributed by atoms with van der Waals surface area (Å²) in [6.07, 6.45) is 1.24. The molecule has 4 heteroatoms. The number of hydrogen-bond donors (Lipinski definition) is 1. The SMILES string of the molecule is COC(=O)C(Cc1ccccc1)Cc1cc2cc(OCc3ccccc3)ccc2[nH]1. The summed E-state index contributed by atoms with van der Waals surface area (Å²) in [5.41, 5.74) is 4.30. The molecule has 3 aromatic carbocycles. The largest absolute Gasteiger partial charge is 0.489 e. The number of aromatic nitrogens is 1. The van der Waals surface area contributed by atoms with E-state index in [1.807, 2.05) is 78.9 Å². The van der Waals surface area contributed by atoms with Crippen LogP contribution >= 0.6 is 0 Å². The summed E-state index contributed by atoms with van der Waals surface area (Å²) in [7, 11) is 1.45. The third-order valence-corrected chi connectivity index (χ3v) is 5.22. The zero-order valence-electron chi connectivity index (χ0n) is 17.0. The van der Waals surface area contributed by atoms with Crippen molar-refractivity contribution in [3.8, 4) is 5.75 Å². The Morgan fingerprint density at radius 2 is 1.57 bits per heavy atom. The van der Waals surface area contributed by atoms with Gasteiger partial charge in [0, 0.05) is 23.0 Å². The molecule has 1 heterocycles. The minimum Gasteiger partial charge on any atom is -0.489 e. The summed E-state index contributed by atoms with van der Waals surface area (Å²) in [6, 6.07) is 28.2. The highest BCUT2D eigenvalue weighted by molar-refractivity contribution is 5.82. The first-order valence-electron chi connectivity index (χ1n) is 10.1. The molecule has 0 bridgehead atoms. The highest BCUT2D eigenvalue weighted by atomic mass is 16.5. The van der Waals surface area contributed by atoms with Crippen molar-refractivity contribution in [2.24, 2.45) is 5.92 Å². The van der Waals surface area contributed by atoms with Crippen molar-refractivity contribution in [2.75, 3.05) is 7.11 Å². The molecule has 1 unspecified atom stereocenters. The summed E-state index contributed by atoms with van der Waals surface area (Å²) < 4.78 is 11.0. The Kier molecular flexibility index (Phi) is 6.14. The summed E-state index contributed by atoms with van der Waals surface area (Å²) in [5.74, 6) is 0.398. The molecule has 0 amide bonds. The topological polar surface area (TPSA) is 51.3 Å². The lowest BCUT2D eigenvalue weighted by Crippen LogP contribution is -2.21. The van der Waals surface area contributed by atoms with Crippen LogP contribution in [0.5, 0.6) is 5.75 Å². The van der Waals surface area contributed by atoms with E-state index < -0.39 is 0 Å². The standard InChI is InChI=1S/C26H25NO3/c1-29-26(28)22(14-19-8-4-2-5-9-19)16-23-15-21-17-24(12-13-25(21)27-23)30-18-20-10-6-3-7-11-20/h2-13,15,17,22,27H,14,16,18H2,1H3. The van der Waals surface area contributed by atoms with Crippen LogP contribution in [0.3, 0.4) is 0 Å². The van der Waals surface area contributed by atoms with Crippen molar-refractivity contribution in [3.63, 3.8) is 0 Å². The monoisotopic (exact) mass is 399 g/mol. The fourth-order valence-corrected chi connectivity index (χ4v) is 3.68. The predicted molar refractivity (Wildman–Crippen MR) is 118 cm³/mol. The molecule has 1 N–H and O–H groups in total. The fraction of sp³-hybridized carbons (Fsp3) is 0.192. The van der Waals surface area contributed by atoms with Gasteiger partial charge < -0.3 is 14.5 Å². The molecule has 0 radical (unpaired) electrons. The second kappa shape index (κ2) is 9.31. The molecule has 0 spiro atoms. The van der Waals surface area contributed by atoms with Crippen molar-refractivity contribution in [1.29, 1.82) is 0 Å². The molecule has 4 aromatic rings. The lowest BCUT2D eigenvalue weighted by molar-refractivity contribution is -0.145. The molecule has 30 heavy (non-hydrogen) atoms. The molecule has 1 atom stereocenters. The Hall–Kier alpha value is -3.53. The van der Waals surface area contributed by atoms with E-state index in [1.54, 1.807) is 0 Å². The second-order valence-corrected chi connectivity index (χ2v) is 7.43. The lowest BCUT2D eigenvalue weighted by Gasteiger charge is -2.14. The number of ether oxygens (including phenoxy) is 2. The first kappa shape index (κ1) is 19.8. The molecule has 4 nitrogen and oxygen atoms in total. The van der Waals surface area contributed by atoms with Crippen LogP contribution in [0.2, 0.25) is 0 Å². The van der Waals surface area contributed by atoms with Gasteiger partial charge in [-0.3, -0.25) is 4.79 Å². The van der Waals surface area contributed by atoms with Gasteiger partial charge >= 0.3 is 5.97 Å². The van der Waals surface area contributed by atoms with Crippen molar-refractivity contribution in [2.45, 2.75) is 19.4 Å². The summed E-state index contributed by atoms with van der Waals surface area (Å²) in [5, 5.41) is 1.07. The Morgan fingerprint density at radius 3 is 2.27 bits per heavy atom. The number of H-pyrrole nitrogens is 1. The zero-order chi connectivity index (χ0) is 20.8. The molecular weight excluding hydrogens is 374 g/mol. The van der Waals surface area contributed by atoms with Gasteiger partial charge in [-0.15, -0.1) is 0 Å². The molecule has 0 aliphatic carbocycles. The van der Waals surface area contributed by atoms with Gasteiger partial charge in [-0.1, -0.05) is 60.7 Å². The predicted octanol–water partition coefficient (Wildman–Crippen LogP) is 5.32. The van der Waals surface area contributed by atoms with Gasteiger partial charge in [0.15, 0.2) is 0 Å². The van der Waals surface area contributed by atoms with Gasteiger partial charge in [0.25, 0.3) is 0 Å². The smallest absolute Gasteiger partial charge is 0.309 e. The quantitative estimate of drug-likeness (QED) is 0.408. The van der Waals surface area contributed by atoms with Gasteiger partial charge in [0.05, 0.1) is 13.0 Å². The maximum atomic E-state index is 12.4. The van der Waals surface area contributed by atoms with Crippen LogP contribution < -0.4 is 4.74 Å². The minimum atomic E-state index is -0.237. The first-order valence-corrected chi connectivity index (χ1v) is 10.1. The lowest BCUT2D eigenvalue weighted by atomic mass is 9.95. The van der Waals surface area contributed by atoms with E-state index in [-0.39, 0.29) is 11.9 Å². The van der Waals surface area contributed by atoms with Crippen LogP contribution in [0, 0.1) is 5.92 Å². The van der Waals surface area contributed by atoms with E-state index in [9.17, 15) is 4.79 Å². The molecule has 152 valence electrons. The number of fused-ring (bicyclic) bond motifs is 1. The van der Waals surface area contributed by atoms with Gasteiger partial charge in [0.1, 0.15) is 12.4 Å². The molecular formula is C26H25NO3. The zero-order valence-corrected chi connectivity index (χ0v) is 17.0. The van der Waals surface area contributed by atoms with Crippen LogP contribution in [-0.2, 0) is 29.0 Å². The average Bonchev–Trinajstić information content (AvgIpc) is 3.19. The third-order valence-electron chi connectivity index (χ3n) is 5.22. The number of esters is 1. The van der Waals surface area contributed by atoms with Crippen LogP contribution in [0.25, 0.3) is 10.9 Å². The van der Waals surface area contributed by atoms with E-state index in [0.717, 1.165) is 33.5 Å². The van der Waals surface area contributed by atoms with Crippen LogP contribution in [-0.4, -0.2) is 18.1 Å². The van der Waals surface area contributed by atoms with Crippen molar-refractivity contribution < 1.29 is 14.3 Å². The number of hydrogen-bond acceptors (Lipinski definition) is 3. The van der Waals surface area contributed by atoms with E-state index in [0.29, 0.717) is 19.4 Å². The van der Waals surface area contributed by atoms with E-state index in [1.165, 1.54) is 7.11 Å². The average molecular weight is 399 g/mol. The van der Waals surface area contributed by atoms with Crippen molar-refractivity contribution >= 4 is 16.9 Å². The Bertz CT molecular complexity index is 1100. The number of methoxy groups -OCH3 is 1. The maximum Gasteiger partial charge on any atom is 0.309 e. The highest BCUT2D eigenvalue weighted by Gasteiger charge is 2.21. The molecule has 4 rings (SSSR count). The number of aromatic amines is 1. The number of carbonyl (C=O) groups excluding carboxylic acids is 1. The number of nitrogens with one attached hydrogen (secondary N) is 1. The van der Waals surface area contributed by atoms with Crippen LogP contribution in [0.15, 0.2) is 84.9 Å². The van der Waals surface area contributed by atoms with E-state index in [4.69, 9.17) is 9.47 Å².